The molecule has 0 unspecified atom stereocenters. The van der Waals surface area contributed by atoms with E-state index < -0.39 is 0 Å². The van der Waals surface area contributed by atoms with Gasteiger partial charge in [-0.2, -0.15) is 10.1 Å². The van der Waals surface area contributed by atoms with E-state index in [-0.39, 0.29) is 0 Å². The number of hydrogen-bond donors (Lipinski definition) is 1. The summed E-state index contributed by atoms with van der Waals surface area (Å²) < 4.78 is 5.35. The molecule has 0 radical (unpaired) electrons. The van der Waals surface area contributed by atoms with Gasteiger partial charge in [0.05, 0.1) is 19.4 Å². The summed E-state index contributed by atoms with van der Waals surface area (Å²) in [4.78, 5) is 8.99. The number of ether oxygens (including phenoxy) is 1. The molecule has 1 aliphatic rings. The third kappa shape index (κ3) is 4.87. The molecule has 128 valence electrons. The van der Waals surface area contributed by atoms with Crippen molar-refractivity contribution in [1.29, 1.82) is 0 Å². The van der Waals surface area contributed by atoms with Crippen LogP contribution in [0.2, 0.25) is 0 Å². The van der Waals surface area contributed by atoms with Crippen molar-refractivity contribution >= 4 is 11.8 Å². The summed E-state index contributed by atoms with van der Waals surface area (Å²) in [6.45, 7) is 6.15. The molecule has 1 fully saturated rings. The Kier molecular flexibility index (Phi) is 5.92. The number of rotatable bonds is 7. The summed E-state index contributed by atoms with van der Waals surface area (Å²) in [6.07, 6.45) is 1.69. The topological polar surface area (TPSA) is 66.4 Å². The largest absolute Gasteiger partial charge is 0.379 e. The van der Waals surface area contributed by atoms with Crippen molar-refractivity contribution in [1.82, 2.24) is 20.1 Å². The maximum Gasteiger partial charge on any atom is 0.244 e. The molecule has 0 amide bonds. The minimum atomic E-state index is 0.570. The maximum absolute atomic E-state index is 5.35. The number of morpholine rings is 1. The fraction of sp³-hybridized carbons (Fsp3) is 0.471. The van der Waals surface area contributed by atoms with Crippen LogP contribution in [-0.2, 0) is 11.3 Å². The van der Waals surface area contributed by atoms with Gasteiger partial charge < -0.3 is 15.0 Å². The van der Waals surface area contributed by atoms with Gasteiger partial charge >= 0.3 is 0 Å². The molecule has 24 heavy (non-hydrogen) atoms. The Labute approximate surface area is 142 Å². The van der Waals surface area contributed by atoms with Gasteiger partial charge in [0, 0.05) is 39.8 Å². The van der Waals surface area contributed by atoms with Crippen molar-refractivity contribution in [2.24, 2.45) is 0 Å². The van der Waals surface area contributed by atoms with E-state index >= 15 is 0 Å². The highest BCUT2D eigenvalue weighted by Gasteiger charge is 2.10. The Morgan fingerprint density at radius 1 is 1.21 bits per heavy atom. The van der Waals surface area contributed by atoms with Gasteiger partial charge in [-0.05, 0) is 5.56 Å². The molecule has 0 saturated carbocycles. The van der Waals surface area contributed by atoms with Crippen LogP contribution in [0, 0.1) is 0 Å². The monoisotopic (exact) mass is 328 g/mol. The molecule has 1 aromatic carbocycles. The summed E-state index contributed by atoms with van der Waals surface area (Å²) in [6, 6.07) is 10.3. The van der Waals surface area contributed by atoms with Gasteiger partial charge in [-0.1, -0.05) is 30.3 Å². The standard InChI is InChI=1S/C17H24N6O/c1-22(14-15-5-3-2-4-6-15)16-13-19-21-17(20-16)18-7-8-23-9-11-24-12-10-23/h2-6,13H,7-12,14H2,1H3,(H,18,20,21). The molecule has 7 heteroatoms. The van der Waals surface area contributed by atoms with Crippen LogP contribution in [0.5, 0.6) is 0 Å². The van der Waals surface area contributed by atoms with Gasteiger partial charge in [-0.15, -0.1) is 5.10 Å². The van der Waals surface area contributed by atoms with E-state index in [0.717, 1.165) is 51.8 Å². The second-order valence-electron chi connectivity index (χ2n) is 5.86. The van der Waals surface area contributed by atoms with Crippen molar-refractivity contribution in [3.8, 4) is 0 Å². The molecular weight excluding hydrogens is 304 g/mol. The molecule has 2 heterocycles. The number of nitrogens with one attached hydrogen (secondary N) is 1. The molecule has 0 spiro atoms. The number of benzene rings is 1. The summed E-state index contributed by atoms with van der Waals surface area (Å²) in [5, 5.41) is 11.4. The van der Waals surface area contributed by atoms with Crippen LogP contribution in [0.25, 0.3) is 0 Å². The quantitative estimate of drug-likeness (QED) is 0.820. The molecule has 7 nitrogen and oxygen atoms in total. The summed E-state index contributed by atoms with van der Waals surface area (Å²) in [5.74, 6) is 1.38. The smallest absolute Gasteiger partial charge is 0.244 e. The lowest BCUT2D eigenvalue weighted by Crippen LogP contribution is -2.39. The van der Waals surface area contributed by atoms with Crippen molar-refractivity contribution in [2.45, 2.75) is 6.54 Å². The summed E-state index contributed by atoms with van der Waals surface area (Å²) in [7, 11) is 2.01. The minimum Gasteiger partial charge on any atom is -0.379 e. The number of anilines is 2. The molecule has 1 saturated heterocycles. The average molecular weight is 328 g/mol. The zero-order valence-electron chi connectivity index (χ0n) is 14.1. The first kappa shape index (κ1) is 16.6. The van der Waals surface area contributed by atoms with E-state index in [0.29, 0.717) is 5.95 Å². The van der Waals surface area contributed by atoms with Gasteiger partial charge in [0.25, 0.3) is 0 Å². The molecule has 3 rings (SSSR count). The molecular formula is C17H24N6O. The van der Waals surface area contributed by atoms with Gasteiger partial charge in [-0.25, -0.2) is 0 Å². The average Bonchev–Trinajstić information content (AvgIpc) is 2.64. The minimum absolute atomic E-state index is 0.570. The zero-order chi connectivity index (χ0) is 16.6. The van der Waals surface area contributed by atoms with E-state index in [9.17, 15) is 0 Å². The number of nitrogens with zero attached hydrogens (tertiary/aromatic N) is 5. The Hall–Kier alpha value is -2.25. The highest BCUT2D eigenvalue weighted by Crippen LogP contribution is 2.12. The van der Waals surface area contributed by atoms with Crippen LogP contribution < -0.4 is 10.2 Å². The van der Waals surface area contributed by atoms with Crippen LogP contribution in [-0.4, -0.2) is 66.5 Å². The van der Waals surface area contributed by atoms with E-state index in [1.54, 1.807) is 6.20 Å². The second-order valence-corrected chi connectivity index (χ2v) is 5.86. The Morgan fingerprint density at radius 3 is 2.79 bits per heavy atom. The maximum atomic E-state index is 5.35. The predicted molar refractivity (Wildman–Crippen MR) is 94.1 cm³/mol. The third-order valence-electron chi connectivity index (χ3n) is 4.01. The van der Waals surface area contributed by atoms with E-state index in [1.807, 2.05) is 25.2 Å². The van der Waals surface area contributed by atoms with Crippen LogP contribution in [0.15, 0.2) is 36.5 Å². The van der Waals surface area contributed by atoms with Crippen molar-refractivity contribution in [3.05, 3.63) is 42.1 Å². The van der Waals surface area contributed by atoms with Crippen LogP contribution in [0.1, 0.15) is 5.56 Å². The van der Waals surface area contributed by atoms with E-state index in [2.05, 4.69) is 42.4 Å². The SMILES string of the molecule is CN(Cc1ccccc1)c1cnnc(NCCN2CCOCC2)n1. The van der Waals surface area contributed by atoms with Crippen molar-refractivity contribution in [3.63, 3.8) is 0 Å². The fourth-order valence-electron chi connectivity index (χ4n) is 2.64. The highest BCUT2D eigenvalue weighted by molar-refractivity contribution is 5.40. The van der Waals surface area contributed by atoms with Gasteiger partial charge in [-0.3, -0.25) is 4.90 Å². The molecule has 0 bridgehead atoms. The van der Waals surface area contributed by atoms with Crippen LogP contribution in [0.4, 0.5) is 11.8 Å². The predicted octanol–water partition coefficient (Wildman–Crippen LogP) is 1.25. The summed E-state index contributed by atoms with van der Waals surface area (Å²) in [5.41, 5.74) is 1.24. The summed E-state index contributed by atoms with van der Waals surface area (Å²) >= 11 is 0. The lowest BCUT2D eigenvalue weighted by atomic mass is 10.2. The second kappa shape index (κ2) is 8.56. The molecule has 1 aliphatic heterocycles. The number of hydrogen-bond acceptors (Lipinski definition) is 7. The Balaban J connectivity index is 1.51. The lowest BCUT2D eigenvalue weighted by molar-refractivity contribution is 0.0398. The lowest BCUT2D eigenvalue weighted by Gasteiger charge is -2.26. The Bertz CT molecular complexity index is 617. The highest BCUT2D eigenvalue weighted by atomic mass is 16.5. The van der Waals surface area contributed by atoms with Crippen LogP contribution >= 0.6 is 0 Å². The van der Waals surface area contributed by atoms with E-state index in [4.69, 9.17) is 4.74 Å². The van der Waals surface area contributed by atoms with Gasteiger partial charge in [0.15, 0.2) is 5.82 Å². The first-order chi connectivity index (χ1) is 11.8. The first-order valence-corrected chi connectivity index (χ1v) is 8.30. The Morgan fingerprint density at radius 2 is 2.00 bits per heavy atom. The van der Waals surface area contributed by atoms with Crippen molar-refractivity contribution < 1.29 is 4.74 Å². The van der Waals surface area contributed by atoms with Gasteiger partial charge in [0.1, 0.15) is 0 Å². The molecule has 2 aromatic rings. The van der Waals surface area contributed by atoms with E-state index in [1.165, 1.54) is 5.56 Å². The zero-order valence-corrected chi connectivity index (χ0v) is 14.1. The fourth-order valence-corrected chi connectivity index (χ4v) is 2.64. The molecule has 1 N–H and O–H groups in total. The first-order valence-electron chi connectivity index (χ1n) is 8.30. The normalized spacial score (nSPS) is 15.2. The van der Waals surface area contributed by atoms with Crippen LogP contribution in [0.3, 0.4) is 0 Å². The number of aromatic nitrogens is 3. The molecule has 0 atom stereocenters. The van der Waals surface area contributed by atoms with Crippen molar-refractivity contribution in [2.75, 3.05) is 56.7 Å². The molecule has 1 aromatic heterocycles. The third-order valence-corrected chi connectivity index (χ3v) is 4.01. The van der Waals surface area contributed by atoms with Gasteiger partial charge in [0.2, 0.25) is 5.95 Å². The molecule has 0 aliphatic carbocycles.